The maximum absolute atomic E-state index is 12.8. The number of carboxylic acids is 1. The van der Waals surface area contributed by atoms with Gasteiger partial charge in [0.15, 0.2) is 0 Å². The van der Waals surface area contributed by atoms with Crippen LogP contribution in [0.2, 0.25) is 0 Å². The summed E-state index contributed by atoms with van der Waals surface area (Å²) in [5, 5.41) is 8.88. The summed E-state index contributed by atoms with van der Waals surface area (Å²) in [5.41, 5.74) is 4.39. The van der Waals surface area contributed by atoms with Gasteiger partial charge in [-0.25, -0.2) is 8.78 Å². The molecular weight excluding hydrogens is 252 g/mol. The first-order valence-corrected chi connectivity index (χ1v) is 5.59. The highest BCUT2D eigenvalue weighted by atomic mass is 35.5. The lowest BCUT2D eigenvalue weighted by molar-refractivity contribution is -0.258. The van der Waals surface area contributed by atoms with Gasteiger partial charge in [0.1, 0.15) is 5.54 Å². The van der Waals surface area contributed by atoms with Gasteiger partial charge in [0.05, 0.1) is 0 Å². The van der Waals surface area contributed by atoms with Gasteiger partial charge in [-0.1, -0.05) is 0 Å². The molecule has 98 valence electrons. The first kappa shape index (κ1) is 13.0. The summed E-state index contributed by atoms with van der Waals surface area (Å²) in [5.74, 6) is -3.43. The molecule has 3 N–H and O–H groups in total. The largest absolute Gasteiger partial charge is 0.480 e. The number of hydrogen-bond donors (Lipinski definition) is 2. The van der Waals surface area contributed by atoms with E-state index in [0.29, 0.717) is 12.8 Å². The average molecular weight is 268 g/mol. The second kappa shape index (κ2) is 3.12. The Bertz CT molecular complexity index is 362. The fourth-order valence-corrected chi connectivity index (χ4v) is 4.52. The van der Waals surface area contributed by atoms with Crippen molar-refractivity contribution in [1.29, 1.82) is 0 Å². The molecule has 0 bridgehead atoms. The van der Waals surface area contributed by atoms with Gasteiger partial charge in [-0.3, -0.25) is 4.79 Å². The van der Waals surface area contributed by atoms with Crippen molar-refractivity contribution in [2.24, 2.45) is 16.6 Å². The summed E-state index contributed by atoms with van der Waals surface area (Å²) in [6.45, 7) is 0. The number of alkyl halides is 2. The second-order valence-electron chi connectivity index (χ2n) is 6.38. The van der Waals surface area contributed by atoms with E-state index in [1.54, 1.807) is 0 Å². The second-order valence-corrected chi connectivity index (χ2v) is 6.38. The SMILES string of the molecule is Cl.NC1(C(=O)O)CC2(CC3(CC(F)(F)C3)C2)C1. The van der Waals surface area contributed by atoms with Gasteiger partial charge in [-0.15, -0.1) is 12.4 Å². The van der Waals surface area contributed by atoms with E-state index in [4.69, 9.17) is 10.8 Å². The molecule has 0 aliphatic heterocycles. The van der Waals surface area contributed by atoms with Crippen LogP contribution in [0, 0.1) is 10.8 Å². The molecule has 0 amide bonds. The molecule has 2 spiro atoms. The first-order valence-electron chi connectivity index (χ1n) is 5.59. The highest BCUT2D eigenvalue weighted by Gasteiger charge is 2.72. The van der Waals surface area contributed by atoms with E-state index >= 15 is 0 Å². The Balaban J connectivity index is 0.00000108. The summed E-state index contributed by atoms with van der Waals surface area (Å²) in [6.07, 6.45) is 2.41. The van der Waals surface area contributed by atoms with E-state index in [1.807, 2.05) is 0 Å². The van der Waals surface area contributed by atoms with Crippen LogP contribution in [0.4, 0.5) is 8.78 Å². The summed E-state index contributed by atoms with van der Waals surface area (Å²) in [4.78, 5) is 10.8. The van der Waals surface area contributed by atoms with Crippen LogP contribution in [0.5, 0.6) is 0 Å². The Labute approximate surface area is 104 Å². The molecule has 3 rings (SSSR count). The van der Waals surface area contributed by atoms with Crippen molar-refractivity contribution in [3.63, 3.8) is 0 Å². The summed E-state index contributed by atoms with van der Waals surface area (Å²) < 4.78 is 25.6. The average Bonchev–Trinajstić information content (AvgIpc) is 1.93. The summed E-state index contributed by atoms with van der Waals surface area (Å²) >= 11 is 0. The zero-order chi connectivity index (χ0) is 11.8. The van der Waals surface area contributed by atoms with E-state index in [2.05, 4.69) is 0 Å². The molecule has 3 saturated carbocycles. The van der Waals surface area contributed by atoms with Crippen molar-refractivity contribution >= 4 is 18.4 Å². The molecule has 0 aromatic heterocycles. The highest BCUT2D eigenvalue weighted by molar-refractivity contribution is 5.85. The third-order valence-corrected chi connectivity index (χ3v) is 4.57. The van der Waals surface area contributed by atoms with Gasteiger partial charge in [0, 0.05) is 12.8 Å². The molecule has 0 atom stereocenters. The summed E-state index contributed by atoms with van der Waals surface area (Å²) in [6, 6.07) is 0. The lowest BCUT2D eigenvalue weighted by Gasteiger charge is -2.69. The standard InChI is InChI=1S/C11H15F2NO2.ClH/c12-11(13)5-9(6-11)1-8(2-9)3-10(14,4-8)7(15)16;/h1-6,14H2,(H,15,16);1H. The molecule has 0 saturated heterocycles. The zero-order valence-electron chi connectivity index (χ0n) is 9.34. The molecule has 0 unspecified atom stereocenters. The normalized spacial score (nSPS) is 32.9. The molecular formula is C11H16ClF2NO2. The van der Waals surface area contributed by atoms with E-state index in [9.17, 15) is 13.6 Å². The molecule has 3 aliphatic carbocycles. The van der Waals surface area contributed by atoms with Gasteiger partial charge < -0.3 is 10.8 Å². The highest BCUT2D eigenvalue weighted by Crippen LogP contribution is 2.75. The molecule has 0 radical (unpaired) electrons. The molecule has 0 aromatic rings. The van der Waals surface area contributed by atoms with Crippen LogP contribution in [-0.4, -0.2) is 22.5 Å². The molecule has 3 nitrogen and oxygen atoms in total. The van der Waals surface area contributed by atoms with Crippen molar-refractivity contribution in [2.75, 3.05) is 0 Å². The first-order chi connectivity index (χ1) is 7.19. The monoisotopic (exact) mass is 267 g/mol. The van der Waals surface area contributed by atoms with E-state index in [-0.39, 0.29) is 36.1 Å². The van der Waals surface area contributed by atoms with Crippen LogP contribution in [0.1, 0.15) is 38.5 Å². The van der Waals surface area contributed by atoms with E-state index < -0.39 is 17.4 Å². The Morgan fingerprint density at radius 2 is 1.41 bits per heavy atom. The maximum Gasteiger partial charge on any atom is 0.323 e. The quantitative estimate of drug-likeness (QED) is 0.765. The smallest absolute Gasteiger partial charge is 0.323 e. The number of carbonyl (C=O) groups is 1. The number of hydrogen-bond acceptors (Lipinski definition) is 2. The van der Waals surface area contributed by atoms with Crippen LogP contribution in [0.3, 0.4) is 0 Å². The van der Waals surface area contributed by atoms with Gasteiger partial charge in [0.2, 0.25) is 5.92 Å². The number of aliphatic carboxylic acids is 1. The van der Waals surface area contributed by atoms with Crippen LogP contribution in [0.25, 0.3) is 0 Å². The van der Waals surface area contributed by atoms with Gasteiger partial charge in [-0.2, -0.15) is 0 Å². The number of rotatable bonds is 1. The van der Waals surface area contributed by atoms with Gasteiger partial charge in [0.25, 0.3) is 0 Å². The topological polar surface area (TPSA) is 63.3 Å². The van der Waals surface area contributed by atoms with E-state index in [0.717, 1.165) is 12.8 Å². The van der Waals surface area contributed by atoms with Crippen molar-refractivity contribution in [3.05, 3.63) is 0 Å². The minimum atomic E-state index is -2.47. The Morgan fingerprint density at radius 3 is 1.76 bits per heavy atom. The Morgan fingerprint density at radius 1 is 1.00 bits per heavy atom. The third kappa shape index (κ3) is 1.66. The van der Waals surface area contributed by atoms with Crippen molar-refractivity contribution in [2.45, 2.75) is 50.0 Å². The maximum atomic E-state index is 12.8. The fraction of sp³-hybridized carbons (Fsp3) is 0.909. The minimum absolute atomic E-state index is 0. The summed E-state index contributed by atoms with van der Waals surface area (Å²) in [7, 11) is 0. The molecule has 3 aliphatic rings. The molecule has 17 heavy (non-hydrogen) atoms. The van der Waals surface area contributed by atoms with E-state index in [1.165, 1.54) is 0 Å². The van der Waals surface area contributed by atoms with Crippen molar-refractivity contribution in [3.8, 4) is 0 Å². The molecule has 6 heteroatoms. The Hall–Kier alpha value is -0.420. The lowest BCUT2D eigenvalue weighted by atomic mass is 9.36. The predicted octanol–water partition coefficient (Wildman–Crippen LogP) is 2.18. The number of carboxylic acid groups (broad SMARTS) is 1. The van der Waals surface area contributed by atoms with Crippen molar-refractivity contribution < 1.29 is 18.7 Å². The fourth-order valence-electron chi connectivity index (χ4n) is 4.52. The Kier molecular flexibility index (Phi) is 2.39. The molecule has 0 heterocycles. The third-order valence-electron chi connectivity index (χ3n) is 4.57. The molecule has 3 fully saturated rings. The lowest BCUT2D eigenvalue weighted by Crippen LogP contribution is -2.71. The minimum Gasteiger partial charge on any atom is -0.480 e. The van der Waals surface area contributed by atoms with Crippen LogP contribution in [-0.2, 0) is 4.79 Å². The van der Waals surface area contributed by atoms with Crippen LogP contribution in [0.15, 0.2) is 0 Å². The number of nitrogens with two attached hydrogens (primary N) is 1. The van der Waals surface area contributed by atoms with Gasteiger partial charge in [-0.05, 0) is 36.5 Å². The zero-order valence-corrected chi connectivity index (χ0v) is 10.2. The number of halogens is 3. The van der Waals surface area contributed by atoms with Gasteiger partial charge >= 0.3 is 5.97 Å². The molecule has 0 aromatic carbocycles. The van der Waals surface area contributed by atoms with Crippen LogP contribution >= 0.6 is 12.4 Å². The van der Waals surface area contributed by atoms with Crippen molar-refractivity contribution in [1.82, 2.24) is 0 Å². The van der Waals surface area contributed by atoms with Crippen LogP contribution < -0.4 is 5.73 Å². The predicted molar refractivity (Wildman–Crippen MR) is 59.3 cm³/mol.